The molecule has 2 amide bonds. The number of halogens is 2. The van der Waals surface area contributed by atoms with Gasteiger partial charge < -0.3 is 15.4 Å². The maximum absolute atomic E-state index is 13.5. The van der Waals surface area contributed by atoms with Crippen LogP contribution in [0.1, 0.15) is 27.7 Å². The van der Waals surface area contributed by atoms with Crippen molar-refractivity contribution >= 4 is 39.8 Å². The molecular weight excluding hydrogens is 366 g/mol. The minimum absolute atomic E-state index is 0.160. The molecule has 0 saturated heterocycles. The molecule has 0 bridgehead atoms. The third-order valence-corrected chi connectivity index (χ3v) is 4.54. The van der Waals surface area contributed by atoms with Gasteiger partial charge in [0.2, 0.25) is 5.91 Å². The predicted octanol–water partition coefficient (Wildman–Crippen LogP) is 3.40. The normalized spacial score (nSPS) is 10.3. The van der Waals surface area contributed by atoms with Crippen molar-refractivity contribution in [3.8, 4) is 0 Å². The van der Waals surface area contributed by atoms with Gasteiger partial charge in [0.1, 0.15) is 16.6 Å². The Morgan fingerprint density at radius 1 is 1.15 bits per heavy atom. The first-order chi connectivity index (χ1) is 12.2. The Hall–Kier alpha value is -2.81. The quantitative estimate of drug-likeness (QED) is 0.777. The maximum atomic E-state index is 13.5. The molecule has 0 saturated carbocycles. The summed E-state index contributed by atoms with van der Waals surface area (Å²) in [7, 11) is 0. The highest BCUT2D eigenvalue weighted by atomic mass is 32.1. The molecular formula is C17H16F2N2O4S. The highest BCUT2D eigenvalue weighted by Gasteiger charge is 2.22. The summed E-state index contributed by atoms with van der Waals surface area (Å²) in [6.45, 7) is 4.08. The molecule has 9 heteroatoms. The molecule has 0 aliphatic carbocycles. The molecule has 2 rings (SSSR count). The molecule has 0 unspecified atom stereocenters. The van der Waals surface area contributed by atoms with Crippen LogP contribution in [0.25, 0.3) is 0 Å². The molecule has 0 atom stereocenters. The molecule has 6 nitrogen and oxygen atoms in total. The van der Waals surface area contributed by atoms with E-state index in [4.69, 9.17) is 4.74 Å². The lowest BCUT2D eigenvalue weighted by molar-refractivity contribution is -0.119. The third kappa shape index (κ3) is 4.63. The molecule has 0 spiro atoms. The van der Waals surface area contributed by atoms with Crippen LogP contribution in [0.5, 0.6) is 0 Å². The number of nitrogens with one attached hydrogen (secondary N) is 2. The molecule has 2 N–H and O–H groups in total. The summed E-state index contributed by atoms with van der Waals surface area (Å²) in [6, 6.07) is 2.60. The Labute approximate surface area is 152 Å². The number of carbonyl (C=O) groups is 3. The molecule has 1 aromatic carbocycles. The van der Waals surface area contributed by atoms with Crippen LogP contribution < -0.4 is 10.6 Å². The topological polar surface area (TPSA) is 84.5 Å². The monoisotopic (exact) mass is 382 g/mol. The zero-order valence-electron chi connectivity index (χ0n) is 14.2. The van der Waals surface area contributed by atoms with E-state index >= 15 is 0 Å². The molecule has 2 aromatic rings. The Kier molecular flexibility index (Phi) is 6.04. The van der Waals surface area contributed by atoms with E-state index in [-0.39, 0.29) is 17.2 Å². The van der Waals surface area contributed by atoms with E-state index < -0.39 is 30.1 Å². The zero-order valence-corrected chi connectivity index (χ0v) is 15.1. The standard InChI is InChI=1S/C17H16F2N2O4S/c1-8-9(2)26-16(20-10(3)22)15(8)17(24)25-7-14(23)21-13-6-11(18)4-5-12(13)19/h4-6H,7H2,1-3H3,(H,20,22)(H,21,23). The number of anilines is 2. The predicted molar refractivity (Wildman–Crippen MR) is 93.4 cm³/mol. The van der Waals surface area contributed by atoms with Crippen molar-refractivity contribution in [3.63, 3.8) is 0 Å². The first-order valence-corrected chi connectivity index (χ1v) is 8.30. The van der Waals surface area contributed by atoms with Gasteiger partial charge in [0.05, 0.1) is 11.3 Å². The number of esters is 1. The van der Waals surface area contributed by atoms with Gasteiger partial charge in [-0.2, -0.15) is 0 Å². The summed E-state index contributed by atoms with van der Waals surface area (Å²) >= 11 is 1.21. The van der Waals surface area contributed by atoms with Gasteiger partial charge in [0.25, 0.3) is 5.91 Å². The van der Waals surface area contributed by atoms with Gasteiger partial charge in [0.15, 0.2) is 6.61 Å². The summed E-state index contributed by atoms with van der Waals surface area (Å²) in [4.78, 5) is 36.2. The Bertz CT molecular complexity index is 880. The first-order valence-electron chi connectivity index (χ1n) is 7.48. The number of rotatable bonds is 5. The van der Waals surface area contributed by atoms with Crippen LogP contribution >= 0.6 is 11.3 Å². The summed E-state index contributed by atoms with van der Waals surface area (Å²) < 4.78 is 31.5. The SMILES string of the molecule is CC(=O)Nc1sc(C)c(C)c1C(=O)OCC(=O)Nc1cc(F)ccc1F. The maximum Gasteiger partial charge on any atom is 0.341 e. The number of thiophene rings is 1. The fraction of sp³-hybridized carbons (Fsp3) is 0.235. The highest BCUT2D eigenvalue weighted by molar-refractivity contribution is 7.16. The van der Waals surface area contributed by atoms with Crippen LogP contribution in [0.3, 0.4) is 0 Å². The van der Waals surface area contributed by atoms with Gasteiger partial charge >= 0.3 is 5.97 Å². The molecule has 0 aliphatic heterocycles. The Balaban J connectivity index is 2.05. The van der Waals surface area contributed by atoms with Gasteiger partial charge in [-0.3, -0.25) is 9.59 Å². The fourth-order valence-electron chi connectivity index (χ4n) is 2.10. The second kappa shape index (κ2) is 8.05. The smallest absolute Gasteiger partial charge is 0.341 e. The highest BCUT2D eigenvalue weighted by Crippen LogP contribution is 2.33. The minimum atomic E-state index is -0.825. The lowest BCUT2D eigenvalue weighted by Crippen LogP contribution is -2.22. The largest absolute Gasteiger partial charge is 0.452 e. The molecule has 0 fully saturated rings. The summed E-state index contributed by atoms with van der Waals surface area (Å²) in [6.07, 6.45) is 0. The summed E-state index contributed by atoms with van der Waals surface area (Å²) in [5.74, 6) is -3.51. The summed E-state index contributed by atoms with van der Waals surface area (Å²) in [5.41, 5.74) is 0.431. The fourth-order valence-corrected chi connectivity index (χ4v) is 3.20. The van der Waals surface area contributed by atoms with E-state index in [0.717, 1.165) is 23.1 Å². The number of aryl methyl sites for hydroxylation is 1. The zero-order chi connectivity index (χ0) is 19.4. The van der Waals surface area contributed by atoms with E-state index in [9.17, 15) is 23.2 Å². The molecule has 138 valence electrons. The molecule has 1 heterocycles. The van der Waals surface area contributed by atoms with E-state index in [1.165, 1.54) is 18.3 Å². The van der Waals surface area contributed by atoms with Crippen LogP contribution in [0.15, 0.2) is 18.2 Å². The van der Waals surface area contributed by atoms with Gasteiger partial charge in [-0.1, -0.05) is 0 Å². The van der Waals surface area contributed by atoms with Crippen molar-refractivity contribution in [1.82, 2.24) is 0 Å². The van der Waals surface area contributed by atoms with E-state index in [0.29, 0.717) is 10.6 Å². The van der Waals surface area contributed by atoms with Crippen molar-refractivity contribution < 1.29 is 27.9 Å². The Morgan fingerprint density at radius 2 is 1.85 bits per heavy atom. The van der Waals surface area contributed by atoms with Crippen LogP contribution in [0, 0.1) is 25.5 Å². The average molecular weight is 382 g/mol. The Morgan fingerprint density at radius 3 is 2.50 bits per heavy atom. The molecule has 0 radical (unpaired) electrons. The van der Waals surface area contributed by atoms with Crippen molar-refractivity contribution in [3.05, 3.63) is 45.8 Å². The second-order valence-corrected chi connectivity index (χ2v) is 6.64. The van der Waals surface area contributed by atoms with Crippen molar-refractivity contribution in [1.29, 1.82) is 0 Å². The molecule has 1 aromatic heterocycles. The van der Waals surface area contributed by atoms with Gasteiger partial charge in [-0.15, -0.1) is 11.3 Å². The van der Waals surface area contributed by atoms with Crippen LogP contribution in [0.2, 0.25) is 0 Å². The number of hydrogen-bond acceptors (Lipinski definition) is 5. The van der Waals surface area contributed by atoms with E-state index in [2.05, 4.69) is 10.6 Å². The van der Waals surface area contributed by atoms with Gasteiger partial charge in [-0.25, -0.2) is 13.6 Å². The lowest BCUT2D eigenvalue weighted by Gasteiger charge is -2.09. The number of hydrogen-bond donors (Lipinski definition) is 2. The van der Waals surface area contributed by atoms with Gasteiger partial charge in [0, 0.05) is 17.9 Å². The average Bonchev–Trinajstić information content (AvgIpc) is 2.82. The van der Waals surface area contributed by atoms with Crippen molar-refractivity contribution in [2.45, 2.75) is 20.8 Å². The summed E-state index contributed by atoms with van der Waals surface area (Å²) in [5, 5.41) is 5.00. The number of ether oxygens (including phenoxy) is 1. The van der Waals surface area contributed by atoms with Crippen molar-refractivity contribution in [2.75, 3.05) is 17.2 Å². The lowest BCUT2D eigenvalue weighted by atomic mass is 10.1. The molecule has 0 aliphatic rings. The van der Waals surface area contributed by atoms with Crippen LogP contribution in [0.4, 0.5) is 19.5 Å². The van der Waals surface area contributed by atoms with Crippen LogP contribution in [-0.2, 0) is 14.3 Å². The number of amides is 2. The third-order valence-electron chi connectivity index (χ3n) is 3.42. The number of benzene rings is 1. The van der Waals surface area contributed by atoms with E-state index in [1.54, 1.807) is 13.8 Å². The first kappa shape index (κ1) is 19.5. The van der Waals surface area contributed by atoms with Crippen molar-refractivity contribution in [2.24, 2.45) is 0 Å². The number of carbonyl (C=O) groups excluding carboxylic acids is 3. The van der Waals surface area contributed by atoms with Crippen LogP contribution in [-0.4, -0.2) is 24.4 Å². The minimum Gasteiger partial charge on any atom is -0.452 e. The van der Waals surface area contributed by atoms with Gasteiger partial charge in [-0.05, 0) is 31.5 Å². The molecule has 26 heavy (non-hydrogen) atoms. The second-order valence-electron chi connectivity index (χ2n) is 5.42. The van der Waals surface area contributed by atoms with E-state index in [1.807, 2.05) is 0 Å².